The number of aromatic amines is 1. The van der Waals surface area contributed by atoms with Gasteiger partial charge < -0.3 is 90.5 Å². The van der Waals surface area contributed by atoms with Gasteiger partial charge in [0.05, 0.1) is 31.6 Å². The van der Waals surface area contributed by atoms with Gasteiger partial charge in [-0.05, 0) is 56.6 Å². The Labute approximate surface area is 440 Å². The van der Waals surface area contributed by atoms with Crippen molar-refractivity contribution in [2.75, 3.05) is 13.2 Å². The summed E-state index contributed by atoms with van der Waals surface area (Å²) in [5, 5.41) is 56.0. The zero-order valence-corrected chi connectivity index (χ0v) is 42.6. The molecule has 11 amide bonds. The summed E-state index contributed by atoms with van der Waals surface area (Å²) >= 11 is 0. The van der Waals surface area contributed by atoms with Crippen LogP contribution >= 0.6 is 0 Å². The maximum atomic E-state index is 14.7. The van der Waals surface area contributed by atoms with Gasteiger partial charge in [-0.15, -0.1) is 0 Å². The number of carbonyl (C=O) groups excluding carboxylic acids is 11. The van der Waals surface area contributed by atoms with Crippen molar-refractivity contribution in [3.63, 3.8) is 0 Å². The number of benzene rings is 1. The third kappa shape index (κ3) is 19.8. The van der Waals surface area contributed by atoms with Crippen molar-refractivity contribution < 1.29 is 82.8 Å². The number of aliphatic hydroxyl groups is 2. The predicted molar refractivity (Wildman–Crippen MR) is 267 cm³/mol. The third-order valence-electron chi connectivity index (χ3n) is 12.2. The highest BCUT2D eigenvalue weighted by Gasteiger charge is 2.41. The molecule has 1 fully saturated rings. The Morgan fingerprint density at radius 1 is 0.662 bits per heavy atom. The van der Waals surface area contributed by atoms with E-state index in [2.05, 4.69) is 42.2 Å². The zero-order chi connectivity index (χ0) is 57.8. The van der Waals surface area contributed by atoms with E-state index < -0.39 is 170 Å². The number of carboxylic acid groups (broad SMARTS) is 2. The molecule has 0 radical (unpaired) electrons. The van der Waals surface area contributed by atoms with E-state index in [-0.39, 0.29) is 51.0 Å². The molecule has 77 heavy (non-hydrogen) atoms. The van der Waals surface area contributed by atoms with Crippen LogP contribution in [0.25, 0.3) is 10.9 Å². The number of carbonyl (C=O) groups is 13. The van der Waals surface area contributed by atoms with Crippen LogP contribution in [0.5, 0.6) is 0 Å². The lowest BCUT2D eigenvalue weighted by Crippen LogP contribution is -2.61. The average molecular weight is 1090 g/mol. The van der Waals surface area contributed by atoms with Gasteiger partial charge in [0, 0.05) is 42.9 Å². The molecular weight excluding hydrogens is 1020 g/mol. The smallest absolute Gasteiger partial charge is 0.328 e. The number of nitrogens with one attached hydrogen (secondary N) is 8. The standard InChI is InChI=1S/C47H69N13O17/c1-21(2)15-28(43(72)59-38(22(3)62)47(76)77)56-45(74)33-9-6-14-60(33)46(75)31(16-23-19-52-26-8-5-4-7-24(23)26)57-42(71)30(18-37(66)67)55-41(70)29(17-36(51)65)54-44(73)32(20-61)58-40(69)27(11-13-35(50)64)53-39(68)25(48)10-12-34(49)63/h4-5,7-8,19,21-22,25,27-33,38,52,61-62H,6,9-18,20,48H2,1-3H3,(H2,49,63)(H2,50,64)(H2,51,65)(H,53,68)(H,54,73)(H,55,70)(H,56,74)(H,57,71)(H,58,69)(H,59,72)(H,66,67)(H,76,77)/t22-,25+,27+,28+,29+,30+,31+,32+,33+,38+/m1/s1. The molecule has 30 nitrogen and oxygen atoms in total. The fourth-order valence-electron chi connectivity index (χ4n) is 8.18. The molecule has 1 aliphatic rings. The summed E-state index contributed by atoms with van der Waals surface area (Å²) in [7, 11) is 0. The molecule has 20 N–H and O–H groups in total. The Balaban J connectivity index is 1.92. The number of para-hydroxylation sites is 1. The lowest BCUT2D eigenvalue weighted by atomic mass is 10.0. The van der Waals surface area contributed by atoms with Crippen LogP contribution in [-0.2, 0) is 68.7 Å². The number of rotatable bonds is 32. The van der Waals surface area contributed by atoms with Gasteiger partial charge in [0.1, 0.15) is 42.3 Å². The van der Waals surface area contributed by atoms with Crippen molar-refractivity contribution in [1.29, 1.82) is 0 Å². The molecule has 2 aromatic rings. The van der Waals surface area contributed by atoms with Crippen molar-refractivity contribution >= 4 is 87.8 Å². The van der Waals surface area contributed by atoms with Crippen LogP contribution in [0.3, 0.4) is 0 Å². The third-order valence-corrected chi connectivity index (χ3v) is 12.2. The zero-order valence-electron chi connectivity index (χ0n) is 42.6. The fourth-order valence-corrected chi connectivity index (χ4v) is 8.18. The molecule has 0 aliphatic carbocycles. The lowest BCUT2D eigenvalue weighted by molar-refractivity contribution is -0.146. The first-order valence-corrected chi connectivity index (χ1v) is 24.5. The van der Waals surface area contributed by atoms with E-state index in [4.69, 9.17) is 22.9 Å². The van der Waals surface area contributed by atoms with E-state index in [0.29, 0.717) is 16.5 Å². The Hall–Kier alpha value is -8.25. The minimum Gasteiger partial charge on any atom is -0.481 e. The number of nitrogens with zero attached hydrogens (tertiary/aromatic N) is 1. The van der Waals surface area contributed by atoms with Crippen LogP contribution in [0.1, 0.15) is 84.1 Å². The minimum atomic E-state index is -2.06. The molecule has 0 bridgehead atoms. The van der Waals surface area contributed by atoms with Gasteiger partial charge in [-0.3, -0.25) is 57.5 Å². The first-order valence-electron chi connectivity index (χ1n) is 24.5. The number of likely N-dealkylation sites (tertiary alicyclic amines) is 1. The minimum absolute atomic E-state index is 0.0164. The van der Waals surface area contributed by atoms with Crippen molar-refractivity contribution in [2.45, 2.75) is 145 Å². The molecule has 0 spiro atoms. The van der Waals surface area contributed by atoms with Gasteiger partial charge in [-0.2, -0.15) is 0 Å². The van der Waals surface area contributed by atoms with Gasteiger partial charge >= 0.3 is 11.9 Å². The van der Waals surface area contributed by atoms with Crippen LogP contribution in [0.4, 0.5) is 0 Å². The molecule has 3 rings (SSSR count). The Bertz CT molecular complexity index is 2520. The molecule has 424 valence electrons. The fraction of sp³-hybridized carbons (Fsp3) is 0.553. The summed E-state index contributed by atoms with van der Waals surface area (Å²) in [6.45, 7) is 3.39. The monoisotopic (exact) mass is 1090 g/mol. The number of H-pyrrole nitrogens is 1. The summed E-state index contributed by atoms with van der Waals surface area (Å²) in [6.07, 6.45) is -3.52. The van der Waals surface area contributed by atoms with E-state index in [1.807, 2.05) is 0 Å². The van der Waals surface area contributed by atoms with E-state index in [1.165, 1.54) is 0 Å². The number of aliphatic hydroxyl groups excluding tert-OH is 2. The SMILES string of the molecule is CC(C)C[C@H](NC(=O)[C@@H]1CCCN1C(=O)[C@H](Cc1c[nH]c2ccccc12)NC(=O)[C@H](CC(=O)O)NC(=O)[C@H](CC(N)=O)NC(=O)[C@H](CO)NC(=O)[C@H](CCC(N)=O)NC(=O)[C@@H](N)CCC(N)=O)C(=O)N[C@H](C(=O)O)[C@@H](C)O. The number of aromatic nitrogens is 1. The van der Waals surface area contributed by atoms with Crippen molar-refractivity contribution in [3.05, 3.63) is 36.0 Å². The summed E-state index contributed by atoms with van der Waals surface area (Å²) in [6, 6.07) is -8.03. The number of carboxylic acids is 2. The first kappa shape index (κ1) is 63.0. The Morgan fingerprint density at radius 3 is 1.75 bits per heavy atom. The van der Waals surface area contributed by atoms with Crippen LogP contribution in [-0.4, -0.2) is 181 Å². The number of amides is 11. The highest BCUT2D eigenvalue weighted by Crippen LogP contribution is 2.24. The molecule has 1 saturated heterocycles. The Kier molecular flexibility index (Phi) is 24.3. The summed E-state index contributed by atoms with van der Waals surface area (Å²) in [5.41, 5.74) is 22.6. The topological polar surface area (TPSA) is 510 Å². The summed E-state index contributed by atoms with van der Waals surface area (Å²) in [4.78, 5) is 173. The maximum Gasteiger partial charge on any atom is 0.328 e. The molecule has 1 aromatic carbocycles. The molecular formula is C47H69N13O17. The average Bonchev–Trinajstić information content (AvgIpc) is 4.01. The normalized spacial score (nSPS) is 16.7. The summed E-state index contributed by atoms with van der Waals surface area (Å²) in [5.74, 6) is -15.1. The highest BCUT2D eigenvalue weighted by atomic mass is 16.4. The van der Waals surface area contributed by atoms with Crippen LogP contribution in [0.15, 0.2) is 30.5 Å². The quantitative estimate of drug-likeness (QED) is 0.0324. The molecule has 2 heterocycles. The van der Waals surface area contributed by atoms with Gasteiger partial charge in [0.25, 0.3) is 0 Å². The van der Waals surface area contributed by atoms with Crippen molar-refractivity contribution in [3.8, 4) is 0 Å². The van der Waals surface area contributed by atoms with Crippen molar-refractivity contribution in [1.82, 2.24) is 47.1 Å². The summed E-state index contributed by atoms with van der Waals surface area (Å²) < 4.78 is 0. The molecule has 1 aliphatic heterocycles. The van der Waals surface area contributed by atoms with Crippen LogP contribution in [0.2, 0.25) is 0 Å². The van der Waals surface area contributed by atoms with Crippen molar-refractivity contribution in [2.24, 2.45) is 28.9 Å². The second-order valence-corrected chi connectivity index (χ2v) is 18.9. The number of fused-ring (bicyclic) bond motifs is 1. The highest BCUT2D eigenvalue weighted by molar-refractivity contribution is 6.00. The van der Waals surface area contributed by atoms with E-state index in [0.717, 1.165) is 11.8 Å². The molecule has 0 unspecified atom stereocenters. The van der Waals surface area contributed by atoms with E-state index in [9.17, 15) is 82.8 Å². The van der Waals surface area contributed by atoms with Gasteiger partial charge in [0.2, 0.25) is 65.0 Å². The largest absolute Gasteiger partial charge is 0.481 e. The second-order valence-electron chi connectivity index (χ2n) is 18.9. The molecule has 0 saturated carbocycles. The first-order chi connectivity index (χ1) is 36.1. The number of nitrogens with two attached hydrogens (primary N) is 4. The van der Waals surface area contributed by atoms with Gasteiger partial charge in [-0.1, -0.05) is 32.0 Å². The second kappa shape index (κ2) is 29.7. The van der Waals surface area contributed by atoms with E-state index >= 15 is 0 Å². The lowest BCUT2D eigenvalue weighted by Gasteiger charge is -2.31. The molecule has 30 heteroatoms. The van der Waals surface area contributed by atoms with Gasteiger partial charge in [-0.25, -0.2) is 4.79 Å². The van der Waals surface area contributed by atoms with E-state index in [1.54, 1.807) is 44.3 Å². The number of hydrogen-bond donors (Lipinski definition) is 16. The predicted octanol–water partition coefficient (Wildman–Crippen LogP) is -6.19. The number of aliphatic carboxylic acids is 2. The van der Waals surface area contributed by atoms with Gasteiger partial charge in [0.15, 0.2) is 6.04 Å². The number of hydrogen-bond acceptors (Lipinski definition) is 16. The molecule has 10 atom stereocenters. The molecule has 1 aromatic heterocycles. The number of primary amides is 3. The maximum absolute atomic E-state index is 14.7. The van der Waals surface area contributed by atoms with Crippen LogP contribution in [0, 0.1) is 5.92 Å². The Morgan fingerprint density at radius 2 is 1.19 bits per heavy atom. The van der Waals surface area contributed by atoms with Crippen LogP contribution < -0.4 is 60.2 Å².